The third kappa shape index (κ3) is 5.03. The number of rotatable bonds is 9. The first-order valence-corrected chi connectivity index (χ1v) is 12.5. The first kappa shape index (κ1) is 20.6. The largest absolute Gasteiger partial charge is 0.289 e. The molecule has 2 N–H and O–H groups in total. The molecule has 0 saturated heterocycles. The van der Waals surface area contributed by atoms with Crippen molar-refractivity contribution >= 4 is 51.7 Å². The van der Waals surface area contributed by atoms with E-state index >= 15 is 0 Å². The Morgan fingerprint density at radius 1 is 1.07 bits per heavy atom. The summed E-state index contributed by atoms with van der Waals surface area (Å²) in [7, 11) is 0. The lowest BCUT2D eigenvalue weighted by Gasteiger charge is -2.24. The second-order valence-electron chi connectivity index (χ2n) is 6.49. The SMILES string of the molecule is CSC(C)(CCCCc1ccc(-c2ccc(-c3cccs3)s2)s1)C(=O)NO. The Bertz CT molecular complexity index is 868. The summed E-state index contributed by atoms with van der Waals surface area (Å²) >= 11 is 6.97. The highest BCUT2D eigenvalue weighted by molar-refractivity contribution is 8.00. The monoisotopic (exact) mass is 437 g/mol. The number of carbonyl (C=O) groups excluding carboxylic acids is 1. The summed E-state index contributed by atoms with van der Waals surface area (Å²) < 4.78 is -0.565. The van der Waals surface area contributed by atoms with Crippen LogP contribution in [0.25, 0.3) is 19.5 Å². The van der Waals surface area contributed by atoms with Crippen LogP contribution in [0.3, 0.4) is 0 Å². The molecule has 3 aromatic rings. The van der Waals surface area contributed by atoms with Crippen molar-refractivity contribution in [2.24, 2.45) is 0 Å². The van der Waals surface area contributed by atoms with Gasteiger partial charge in [0.15, 0.2) is 0 Å². The van der Waals surface area contributed by atoms with Crippen LogP contribution < -0.4 is 5.48 Å². The van der Waals surface area contributed by atoms with Crippen LogP contribution in [-0.4, -0.2) is 22.1 Å². The van der Waals surface area contributed by atoms with Crippen LogP contribution in [0.1, 0.15) is 31.1 Å². The van der Waals surface area contributed by atoms with Crippen molar-refractivity contribution in [3.63, 3.8) is 0 Å². The molecule has 3 aromatic heterocycles. The van der Waals surface area contributed by atoms with Crippen molar-refractivity contribution in [2.45, 2.75) is 37.4 Å². The van der Waals surface area contributed by atoms with Crippen molar-refractivity contribution in [1.29, 1.82) is 0 Å². The van der Waals surface area contributed by atoms with E-state index in [2.05, 4.69) is 41.8 Å². The molecule has 1 atom stereocenters. The summed E-state index contributed by atoms with van der Waals surface area (Å²) in [6.07, 6.45) is 5.69. The zero-order chi connectivity index (χ0) is 19.3. The molecular formula is C20H23NO2S4. The van der Waals surface area contributed by atoms with Crippen molar-refractivity contribution < 1.29 is 10.0 Å². The standard InChI is InChI=1S/C20H23NO2S4/c1-20(24-2,19(22)21-23)12-4-3-6-14-8-9-17(26-14)18-11-10-16(27-18)15-7-5-13-25-15/h5,7-11,13,23H,3-4,6,12H2,1-2H3,(H,21,22). The second-order valence-corrected chi connectivity index (χ2v) is 11.0. The van der Waals surface area contributed by atoms with Crippen LogP contribution in [0.4, 0.5) is 0 Å². The van der Waals surface area contributed by atoms with E-state index in [1.54, 1.807) is 16.8 Å². The van der Waals surface area contributed by atoms with Gasteiger partial charge in [0.25, 0.3) is 5.91 Å². The summed E-state index contributed by atoms with van der Waals surface area (Å²) in [6, 6.07) is 13.1. The number of hydrogen-bond donors (Lipinski definition) is 2. The number of aryl methyl sites for hydroxylation is 1. The summed E-state index contributed by atoms with van der Waals surface area (Å²) in [5.74, 6) is -0.312. The van der Waals surface area contributed by atoms with Gasteiger partial charge >= 0.3 is 0 Å². The molecule has 0 aromatic carbocycles. The van der Waals surface area contributed by atoms with E-state index < -0.39 is 4.75 Å². The highest BCUT2D eigenvalue weighted by Gasteiger charge is 2.31. The molecule has 0 aliphatic rings. The van der Waals surface area contributed by atoms with Crippen LogP contribution in [-0.2, 0) is 11.2 Å². The van der Waals surface area contributed by atoms with Crippen molar-refractivity contribution in [3.8, 4) is 19.5 Å². The van der Waals surface area contributed by atoms with Crippen molar-refractivity contribution in [2.75, 3.05) is 6.26 Å². The van der Waals surface area contributed by atoms with Crippen molar-refractivity contribution in [1.82, 2.24) is 5.48 Å². The third-order valence-corrected chi connectivity index (χ3v) is 9.42. The molecule has 0 spiro atoms. The van der Waals surface area contributed by atoms with E-state index in [4.69, 9.17) is 5.21 Å². The summed E-state index contributed by atoms with van der Waals surface area (Å²) in [5, 5.41) is 11.0. The van der Waals surface area contributed by atoms with Crippen LogP contribution in [0.2, 0.25) is 0 Å². The topological polar surface area (TPSA) is 49.3 Å². The number of thioether (sulfide) groups is 1. The predicted molar refractivity (Wildman–Crippen MR) is 120 cm³/mol. The van der Waals surface area contributed by atoms with Gasteiger partial charge < -0.3 is 0 Å². The molecule has 3 nitrogen and oxygen atoms in total. The lowest BCUT2D eigenvalue weighted by molar-refractivity contribution is -0.131. The second kappa shape index (κ2) is 9.39. The van der Waals surface area contributed by atoms with Gasteiger partial charge in [0.05, 0.1) is 4.75 Å². The Kier molecular flexibility index (Phi) is 7.16. The molecule has 3 rings (SSSR count). The highest BCUT2D eigenvalue weighted by atomic mass is 32.2. The maximum Gasteiger partial charge on any atom is 0.259 e. The van der Waals surface area contributed by atoms with Gasteiger partial charge in [-0.3, -0.25) is 10.0 Å². The third-order valence-electron chi connectivity index (χ3n) is 4.63. The molecule has 27 heavy (non-hydrogen) atoms. The number of hydrogen-bond acceptors (Lipinski definition) is 6. The van der Waals surface area contributed by atoms with Gasteiger partial charge in [-0.2, -0.15) is 0 Å². The van der Waals surface area contributed by atoms with Gasteiger partial charge in [-0.05, 0) is 68.2 Å². The molecule has 0 saturated carbocycles. The Morgan fingerprint density at radius 2 is 1.78 bits per heavy atom. The Morgan fingerprint density at radius 3 is 2.44 bits per heavy atom. The summed E-state index contributed by atoms with van der Waals surface area (Å²) in [6.45, 7) is 1.88. The fraction of sp³-hybridized carbons (Fsp3) is 0.350. The van der Waals surface area contributed by atoms with E-state index in [0.29, 0.717) is 0 Å². The lowest BCUT2D eigenvalue weighted by Crippen LogP contribution is -2.40. The number of carbonyl (C=O) groups is 1. The van der Waals surface area contributed by atoms with E-state index in [1.165, 1.54) is 36.1 Å². The van der Waals surface area contributed by atoms with Gasteiger partial charge in [-0.25, -0.2) is 5.48 Å². The van der Waals surface area contributed by atoms with Crippen LogP contribution in [0, 0.1) is 0 Å². The maximum atomic E-state index is 11.8. The van der Waals surface area contributed by atoms with Gasteiger partial charge in [-0.15, -0.1) is 45.8 Å². The minimum absolute atomic E-state index is 0.312. The van der Waals surface area contributed by atoms with Gasteiger partial charge in [0.2, 0.25) is 0 Å². The molecule has 3 heterocycles. The minimum atomic E-state index is -0.565. The number of amides is 1. The fourth-order valence-corrected chi connectivity index (χ4v) is 6.41. The Hall–Kier alpha value is -1.12. The average molecular weight is 438 g/mol. The Balaban J connectivity index is 1.54. The molecule has 0 fully saturated rings. The van der Waals surface area contributed by atoms with E-state index in [1.807, 2.05) is 35.9 Å². The number of nitrogens with one attached hydrogen (secondary N) is 1. The predicted octanol–water partition coefficient (Wildman–Crippen LogP) is 6.55. The first-order chi connectivity index (χ1) is 13.1. The quantitative estimate of drug-likeness (QED) is 0.227. The summed E-state index contributed by atoms with van der Waals surface area (Å²) in [5.41, 5.74) is 1.79. The molecule has 0 aliphatic carbocycles. The zero-order valence-corrected chi connectivity index (χ0v) is 18.6. The Labute approximate surface area is 176 Å². The molecule has 0 bridgehead atoms. The maximum absolute atomic E-state index is 11.8. The molecule has 7 heteroatoms. The fourth-order valence-electron chi connectivity index (χ4n) is 2.85. The van der Waals surface area contributed by atoms with Crippen LogP contribution in [0.5, 0.6) is 0 Å². The van der Waals surface area contributed by atoms with Crippen LogP contribution >= 0.6 is 45.8 Å². The molecule has 1 amide bonds. The van der Waals surface area contributed by atoms with Gasteiger partial charge in [0.1, 0.15) is 0 Å². The molecule has 0 radical (unpaired) electrons. The van der Waals surface area contributed by atoms with Gasteiger partial charge in [0, 0.05) is 24.4 Å². The smallest absolute Gasteiger partial charge is 0.259 e. The van der Waals surface area contributed by atoms with Crippen molar-refractivity contribution in [3.05, 3.63) is 46.7 Å². The van der Waals surface area contributed by atoms with E-state index in [9.17, 15) is 4.79 Å². The zero-order valence-electron chi connectivity index (χ0n) is 15.4. The molecule has 144 valence electrons. The molecule has 1 unspecified atom stereocenters. The highest BCUT2D eigenvalue weighted by Crippen LogP contribution is 2.39. The minimum Gasteiger partial charge on any atom is -0.289 e. The van der Waals surface area contributed by atoms with E-state index in [0.717, 1.165) is 25.7 Å². The normalized spacial score (nSPS) is 13.4. The molecular weight excluding hydrogens is 414 g/mol. The van der Waals surface area contributed by atoms with E-state index in [-0.39, 0.29) is 5.91 Å². The molecule has 0 aliphatic heterocycles. The van der Waals surface area contributed by atoms with Crippen LogP contribution in [0.15, 0.2) is 41.8 Å². The van der Waals surface area contributed by atoms with Gasteiger partial charge in [-0.1, -0.05) is 12.5 Å². The number of unbranched alkanes of at least 4 members (excludes halogenated alkanes) is 1. The number of hydroxylamine groups is 1. The number of thiophene rings is 3. The average Bonchev–Trinajstić information content (AvgIpc) is 3.44. The summed E-state index contributed by atoms with van der Waals surface area (Å²) in [4.78, 5) is 18.5. The first-order valence-electron chi connectivity index (χ1n) is 8.78. The lowest BCUT2D eigenvalue weighted by atomic mass is 10.0.